The first-order chi connectivity index (χ1) is 9.95. The number of rotatable bonds is 5. The second-order valence-corrected chi connectivity index (χ2v) is 7.19. The van der Waals surface area contributed by atoms with Gasteiger partial charge in [-0.2, -0.15) is 0 Å². The number of nitrogens with zero attached hydrogens (tertiary/aromatic N) is 2. The Hall–Kier alpha value is -1.10. The van der Waals surface area contributed by atoms with Crippen molar-refractivity contribution in [2.75, 3.05) is 20.1 Å². The van der Waals surface area contributed by atoms with Crippen molar-refractivity contribution in [1.29, 1.82) is 0 Å². The van der Waals surface area contributed by atoms with Gasteiger partial charge in [-0.1, -0.05) is 27.7 Å². The Morgan fingerprint density at radius 2 is 2.05 bits per heavy atom. The molecule has 2 unspecified atom stereocenters. The first-order valence-electron chi connectivity index (χ1n) is 8.25. The van der Waals surface area contributed by atoms with Gasteiger partial charge in [-0.25, -0.2) is 0 Å². The highest BCUT2D eigenvalue weighted by Gasteiger charge is 2.49. The molecule has 2 fully saturated rings. The third-order valence-corrected chi connectivity index (χ3v) is 4.34. The first kappa shape index (κ1) is 16.3. The molecule has 2 atom stereocenters. The molecule has 0 radical (unpaired) electrons. The van der Waals surface area contributed by atoms with Crippen LogP contribution in [0.3, 0.4) is 0 Å². The Labute approximate surface area is 129 Å². The SMILES string of the molecule is CN=C1CC2CCC2(NCC(C)C)NC(=NCC(C)C)N1. The fourth-order valence-corrected chi connectivity index (χ4v) is 2.90. The van der Waals surface area contributed by atoms with Gasteiger partial charge in [0, 0.05) is 25.9 Å². The van der Waals surface area contributed by atoms with Gasteiger partial charge in [-0.3, -0.25) is 15.3 Å². The van der Waals surface area contributed by atoms with Crippen LogP contribution in [0.2, 0.25) is 0 Å². The number of hydrogen-bond donors (Lipinski definition) is 3. The molecule has 0 bridgehead atoms. The Morgan fingerprint density at radius 1 is 1.29 bits per heavy atom. The van der Waals surface area contributed by atoms with Crippen molar-refractivity contribution in [2.45, 2.75) is 52.6 Å². The summed E-state index contributed by atoms with van der Waals surface area (Å²) in [5.74, 6) is 3.72. The largest absolute Gasteiger partial charge is 0.338 e. The number of fused-ring (bicyclic) bond motifs is 1. The van der Waals surface area contributed by atoms with Crippen LogP contribution in [0, 0.1) is 17.8 Å². The lowest BCUT2D eigenvalue weighted by molar-refractivity contribution is 0.0700. The van der Waals surface area contributed by atoms with Crippen molar-refractivity contribution in [3.63, 3.8) is 0 Å². The Bertz CT molecular complexity index is 413. The van der Waals surface area contributed by atoms with E-state index in [4.69, 9.17) is 4.99 Å². The van der Waals surface area contributed by atoms with E-state index in [-0.39, 0.29) is 5.66 Å². The highest BCUT2D eigenvalue weighted by atomic mass is 15.3. The van der Waals surface area contributed by atoms with Crippen molar-refractivity contribution in [3.05, 3.63) is 0 Å². The van der Waals surface area contributed by atoms with E-state index >= 15 is 0 Å². The lowest BCUT2D eigenvalue weighted by Crippen LogP contribution is -2.69. The van der Waals surface area contributed by atoms with Gasteiger partial charge in [0.15, 0.2) is 5.96 Å². The van der Waals surface area contributed by atoms with Crippen LogP contribution in [0.4, 0.5) is 0 Å². The van der Waals surface area contributed by atoms with E-state index in [1.54, 1.807) is 0 Å². The van der Waals surface area contributed by atoms with Crippen LogP contribution < -0.4 is 16.0 Å². The van der Waals surface area contributed by atoms with E-state index in [0.29, 0.717) is 17.8 Å². The average molecular weight is 293 g/mol. The van der Waals surface area contributed by atoms with Crippen LogP contribution >= 0.6 is 0 Å². The van der Waals surface area contributed by atoms with E-state index < -0.39 is 0 Å². The molecule has 21 heavy (non-hydrogen) atoms. The summed E-state index contributed by atoms with van der Waals surface area (Å²) in [5, 5.41) is 10.8. The third-order valence-electron chi connectivity index (χ3n) is 4.34. The van der Waals surface area contributed by atoms with Gasteiger partial charge >= 0.3 is 0 Å². The zero-order valence-corrected chi connectivity index (χ0v) is 14.2. The zero-order valence-electron chi connectivity index (χ0n) is 14.2. The summed E-state index contributed by atoms with van der Waals surface area (Å²) in [4.78, 5) is 9.09. The number of aliphatic imine (C=N–C) groups is 2. The summed E-state index contributed by atoms with van der Waals surface area (Å²) >= 11 is 0. The molecule has 0 aromatic rings. The quantitative estimate of drug-likeness (QED) is 0.726. The third kappa shape index (κ3) is 3.96. The molecular weight excluding hydrogens is 262 g/mol. The topological polar surface area (TPSA) is 60.8 Å². The maximum atomic E-state index is 4.71. The number of hydrogen-bond acceptors (Lipinski definition) is 3. The molecule has 0 amide bonds. The van der Waals surface area contributed by atoms with Gasteiger partial charge in [0.1, 0.15) is 5.84 Å². The molecule has 120 valence electrons. The van der Waals surface area contributed by atoms with Gasteiger partial charge < -0.3 is 10.6 Å². The zero-order chi connectivity index (χ0) is 15.5. The van der Waals surface area contributed by atoms with E-state index in [1.807, 2.05) is 7.05 Å². The fraction of sp³-hybridized carbons (Fsp3) is 0.875. The highest BCUT2D eigenvalue weighted by molar-refractivity contribution is 6.01. The summed E-state index contributed by atoms with van der Waals surface area (Å²) in [6.07, 6.45) is 3.40. The van der Waals surface area contributed by atoms with Crippen LogP contribution in [0.1, 0.15) is 47.0 Å². The molecule has 1 saturated heterocycles. The van der Waals surface area contributed by atoms with E-state index in [9.17, 15) is 0 Å². The van der Waals surface area contributed by atoms with E-state index in [1.165, 1.54) is 6.42 Å². The predicted molar refractivity (Wildman–Crippen MR) is 89.7 cm³/mol. The van der Waals surface area contributed by atoms with Gasteiger partial charge in [-0.15, -0.1) is 0 Å². The fourth-order valence-electron chi connectivity index (χ4n) is 2.90. The monoisotopic (exact) mass is 293 g/mol. The normalized spacial score (nSPS) is 32.6. The Balaban J connectivity index is 2.14. The first-order valence-corrected chi connectivity index (χ1v) is 8.25. The summed E-state index contributed by atoms with van der Waals surface area (Å²) in [7, 11) is 1.86. The molecule has 2 rings (SSSR count). The molecule has 5 nitrogen and oxygen atoms in total. The molecule has 0 aromatic carbocycles. The average Bonchev–Trinajstić information content (AvgIpc) is 2.51. The Kier molecular flexibility index (Phi) is 5.25. The molecule has 1 saturated carbocycles. The van der Waals surface area contributed by atoms with Crippen molar-refractivity contribution in [1.82, 2.24) is 16.0 Å². The number of nitrogens with one attached hydrogen (secondary N) is 3. The van der Waals surface area contributed by atoms with Crippen molar-refractivity contribution in [2.24, 2.45) is 27.7 Å². The highest BCUT2D eigenvalue weighted by Crippen LogP contribution is 2.40. The van der Waals surface area contributed by atoms with Crippen molar-refractivity contribution >= 4 is 11.8 Å². The minimum absolute atomic E-state index is 0.000473. The molecule has 0 spiro atoms. The van der Waals surface area contributed by atoms with Crippen LogP contribution in [0.25, 0.3) is 0 Å². The van der Waals surface area contributed by atoms with Gasteiger partial charge in [0.05, 0.1) is 5.66 Å². The van der Waals surface area contributed by atoms with Crippen LogP contribution in [0.5, 0.6) is 0 Å². The van der Waals surface area contributed by atoms with Gasteiger partial charge in [0.25, 0.3) is 0 Å². The molecular formula is C16H31N5. The smallest absolute Gasteiger partial charge is 0.198 e. The lowest BCUT2D eigenvalue weighted by Gasteiger charge is -2.50. The maximum Gasteiger partial charge on any atom is 0.198 e. The minimum Gasteiger partial charge on any atom is -0.338 e. The van der Waals surface area contributed by atoms with Crippen molar-refractivity contribution < 1.29 is 0 Å². The van der Waals surface area contributed by atoms with Crippen LogP contribution in [-0.2, 0) is 0 Å². The summed E-state index contributed by atoms with van der Waals surface area (Å²) in [6.45, 7) is 10.7. The molecule has 1 aliphatic carbocycles. The number of guanidine groups is 1. The van der Waals surface area contributed by atoms with Crippen LogP contribution in [-0.4, -0.2) is 37.6 Å². The Morgan fingerprint density at radius 3 is 2.57 bits per heavy atom. The summed E-state index contributed by atoms with van der Waals surface area (Å²) in [5.41, 5.74) is -0.000473. The summed E-state index contributed by atoms with van der Waals surface area (Å²) < 4.78 is 0. The van der Waals surface area contributed by atoms with E-state index in [2.05, 4.69) is 48.6 Å². The molecule has 0 aromatic heterocycles. The minimum atomic E-state index is -0.000473. The maximum absolute atomic E-state index is 4.71. The number of amidine groups is 1. The van der Waals surface area contributed by atoms with Crippen LogP contribution in [0.15, 0.2) is 9.98 Å². The van der Waals surface area contributed by atoms with Gasteiger partial charge in [-0.05, 0) is 31.2 Å². The second-order valence-electron chi connectivity index (χ2n) is 7.19. The lowest BCUT2D eigenvalue weighted by atomic mass is 9.71. The second kappa shape index (κ2) is 6.77. The molecule has 3 N–H and O–H groups in total. The molecule has 1 aliphatic heterocycles. The predicted octanol–water partition coefficient (Wildman–Crippen LogP) is 1.96. The molecule has 2 aliphatic rings. The van der Waals surface area contributed by atoms with Crippen molar-refractivity contribution in [3.8, 4) is 0 Å². The summed E-state index contributed by atoms with van der Waals surface area (Å²) in [6, 6.07) is 0. The van der Waals surface area contributed by atoms with E-state index in [0.717, 1.165) is 37.7 Å². The standard InChI is InChI=1S/C16H31N5/c1-11(2)9-18-15-20-14(17-5)8-13-6-7-16(13,21-15)19-10-12(3)4/h11-13,19H,6-10H2,1-5H3,(H2,17,18,20,21). The van der Waals surface area contributed by atoms with Gasteiger partial charge in [0.2, 0.25) is 0 Å². The molecule has 5 heteroatoms. The molecule has 1 heterocycles.